The zero-order valence-electron chi connectivity index (χ0n) is 9.77. The first-order valence-electron chi connectivity index (χ1n) is 5.47. The van der Waals surface area contributed by atoms with Crippen molar-refractivity contribution >= 4 is 26.0 Å². The Labute approximate surface area is 114 Å². The quantitative estimate of drug-likeness (QED) is 0.829. The summed E-state index contributed by atoms with van der Waals surface area (Å²) in [5, 5.41) is 0. The molecular formula is C11H13BrFNO3S. The van der Waals surface area contributed by atoms with Crippen molar-refractivity contribution in [1.29, 1.82) is 0 Å². The Morgan fingerprint density at radius 2 is 2.22 bits per heavy atom. The number of hydrogen-bond acceptors (Lipinski definition) is 3. The molecule has 100 valence electrons. The fraction of sp³-hybridized carbons (Fsp3) is 0.455. The van der Waals surface area contributed by atoms with Gasteiger partial charge in [0.2, 0.25) is 10.0 Å². The van der Waals surface area contributed by atoms with Crippen LogP contribution in [0.1, 0.15) is 6.92 Å². The van der Waals surface area contributed by atoms with E-state index in [0.29, 0.717) is 17.7 Å². The summed E-state index contributed by atoms with van der Waals surface area (Å²) in [6.45, 7) is 2.66. The van der Waals surface area contributed by atoms with Gasteiger partial charge in [0.15, 0.2) is 0 Å². The van der Waals surface area contributed by atoms with Crippen LogP contribution in [0.15, 0.2) is 27.6 Å². The first kappa shape index (κ1) is 13.9. The third-order valence-electron chi connectivity index (χ3n) is 2.79. The van der Waals surface area contributed by atoms with Crippen LogP contribution < -0.4 is 0 Å². The Morgan fingerprint density at radius 1 is 1.50 bits per heavy atom. The average Bonchev–Trinajstić information content (AvgIpc) is 2.28. The molecule has 0 saturated carbocycles. The molecular weight excluding hydrogens is 325 g/mol. The number of morpholine rings is 1. The van der Waals surface area contributed by atoms with Gasteiger partial charge >= 0.3 is 0 Å². The van der Waals surface area contributed by atoms with Crippen molar-refractivity contribution < 1.29 is 17.5 Å². The van der Waals surface area contributed by atoms with Gasteiger partial charge in [0.25, 0.3) is 0 Å². The zero-order valence-corrected chi connectivity index (χ0v) is 12.2. The molecule has 0 bridgehead atoms. The van der Waals surface area contributed by atoms with Crippen molar-refractivity contribution in [3.8, 4) is 0 Å². The highest BCUT2D eigenvalue weighted by molar-refractivity contribution is 9.10. The molecule has 0 spiro atoms. The summed E-state index contributed by atoms with van der Waals surface area (Å²) in [6, 6.07) is 3.66. The summed E-state index contributed by atoms with van der Waals surface area (Å²) >= 11 is 3.10. The van der Waals surface area contributed by atoms with E-state index >= 15 is 0 Å². The molecule has 0 radical (unpaired) electrons. The normalized spacial score (nSPS) is 22.1. The number of halogens is 2. The molecule has 0 aromatic heterocycles. The van der Waals surface area contributed by atoms with Crippen LogP contribution in [0, 0.1) is 5.82 Å². The summed E-state index contributed by atoms with van der Waals surface area (Å²) in [5.41, 5.74) is 0. The summed E-state index contributed by atoms with van der Waals surface area (Å²) in [6.07, 6.45) is 0. The van der Waals surface area contributed by atoms with Crippen molar-refractivity contribution in [3.05, 3.63) is 28.5 Å². The first-order valence-corrected chi connectivity index (χ1v) is 7.71. The first-order chi connectivity index (χ1) is 8.43. The van der Waals surface area contributed by atoms with Crippen molar-refractivity contribution in [3.63, 3.8) is 0 Å². The molecule has 1 aliphatic rings. The molecule has 1 heterocycles. The third-order valence-corrected chi connectivity index (χ3v) is 5.33. The maximum atomic E-state index is 13.8. The van der Waals surface area contributed by atoms with E-state index < -0.39 is 15.8 Å². The fourth-order valence-corrected chi connectivity index (χ4v) is 3.86. The number of nitrogens with zero attached hydrogens (tertiary/aromatic N) is 1. The minimum atomic E-state index is -3.80. The van der Waals surface area contributed by atoms with Crippen LogP contribution in [-0.4, -0.2) is 38.5 Å². The lowest BCUT2D eigenvalue weighted by Crippen LogP contribution is -2.47. The minimum Gasteiger partial charge on any atom is -0.378 e. The highest BCUT2D eigenvalue weighted by Crippen LogP contribution is 2.25. The Balaban J connectivity index is 2.41. The van der Waals surface area contributed by atoms with Crippen molar-refractivity contribution in [2.24, 2.45) is 0 Å². The highest BCUT2D eigenvalue weighted by atomic mass is 79.9. The van der Waals surface area contributed by atoms with E-state index in [2.05, 4.69) is 15.9 Å². The second-order valence-corrected chi connectivity index (χ2v) is 6.89. The minimum absolute atomic E-state index is 0.249. The van der Waals surface area contributed by atoms with E-state index in [1.165, 1.54) is 16.4 Å². The van der Waals surface area contributed by atoms with Gasteiger partial charge in [0.1, 0.15) is 10.7 Å². The molecule has 1 saturated heterocycles. The zero-order chi connectivity index (χ0) is 13.3. The van der Waals surface area contributed by atoms with Crippen molar-refractivity contribution in [1.82, 2.24) is 4.31 Å². The van der Waals surface area contributed by atoms with Gasteiger partial charge in [0, 0.05) is 17.1 Å². The predicted octanol–water partition coefficient (Wildman–Crippen LogP) is 2.00. The third kappa shape index (κ3) is 2.59. The van der Waals surface area contributed by atoms with Crippen molar-refractivity contribution in [2.75, 3.05) is 19.8 Å². The topological polar surface area (TPSA) is 46.6 Å². The molecule has 0 N–H and O–H groups in total. The molecule has 1 aliphatic heterocycles. The van der Waals surface area contributed by atoms with Gasteiger partial charge in [-0.15, -0.1) is 0 Å². The van der Waals surface area contributed by atoms with E-state index in [1.54, 1.807) is 6.92 Å². The van der Waals surface area contributed by atoms with Crippen LogP contribution in [0.5, 0.6) is 0 Å². The average molecular weight is 338 g/mol. The number of ether oxygens (including phenoxy) is 1. The predicted molar refractivity (Wildman–Crippen MR) is 68.3 cm³/mol. The van der Waals surface area contributed by atoms with Gasteiger partial charge in [-0.05, 0) is 25.1 Å². The lowest BCUT2D eigenvalue weighted by Gasteiger charge is -2.32. The van der Waals surface area contributed by atoms with E-state index in [1.807, 2.05) is 0 Å². The van der Waals surface area contributed by atoms with Gasteiger partial charge in [-0.2, -0.15) is 4.31 Å². The van der Waals surface area contributed by atoms with Gasteiger partial charge < -0.3 is 4.74 Å². The summed E-state index contributed by atoms with van der Waals surface area (Å²) in [7, 11) is -3.80. The molecule has 1 atom stereocenters. The Morgan fingerprint density at radius 3 is 2.83 bits per heavy atom. The summed E-state index contributed by atoms with van der Waals surface area (Å²) < 4.78 is 45.4. The van der Waals surface area contributed by atoms with E-state index in [0.717, 1.165) is 6.07 Å². The Kier molecular flexibility index (Phi) is 4.05. The molecule has 1 fully saturated rings. The van der Waals surface area contributed by atoms with Crippen LogP contribution in [0.3, 0.4) is 0 Å². The molecule has 0 unspecified atom stereocenters. The second-order valence-electron chi connectivity index (χ2n) is 4.11. The maximum Gasteiger partial charge on any atom is 0.246 e. The van der Waals surface area contributed by atoms with Gasteiger partial charge in [0.05, 0.1) is 13.2 Å². The molecule has 0 aliphatic carbocycles. The highest BCUT2D eigenvalue weighted by Gasteiger charge is 2.33. The van der Waals surface area contributed by atoms with Crippen LogP contribution >= 0.6 is 15.9 Å². The summed E-state index contributed by atoms with van der Waals surface area (Å²) in [5.74, 6) is -0.747. The SMILES string of the molecule is C[C@H]1COCCN1S(=O)(=O)c1ccc(Br)cc1F. The van der Waals surface area contributed by atoms with Crippen molar-refractivity contribution in [2.45, 2.75) is 17.9 Å². The second kappa shape index (κ2) is 5.24. The van der Waals surface area contributed by atoms with E-state index in [-0.39, 0.29) is 17.5 Å². The molecule has 2 rings (SSSR count). The van der Waals surface area contributed by atoms with Crippen LogP contribution in [-0.2, 0) is 14.8 Å². The van der Waals surface area contributed by atoms with Crippen LogP contribution in [0.2, 0.25) is 0 Å². The molecule has 7 heteroatoms. The monoisotopic (exact) mass is 337 g/mol. The molecule has 1 aromatic carbocycles. The standard InChI is InChI=1S/C11H13BrFNO3S/c1-8-7-17-5-4-14(8)18(15,16)11-3-2-9(12)6-10(11)13/h2-3,6,8H,4-5,7H2,1H3/t8-/m0/s1. The van der Waals surface area contributed by atoms with Crippen LogP contribution in [0.25, 0.3) is 0 Å². The molecule has 18 heavy (non-hydrogen) atoms. The van der Waals surface area contributed by atoms with Crippen LogP contribution in [0.4, 0.5) is 4.39 Å². The van der Waals surface area contributed by atoms with E-state index in [4.69, 9.17) is 4.74 Å². The molecule has 0 amide bonds. The number of sulfonamides is 1. The van der Waals surface area contributed by atoms with E-state index in [9.17, 15) is 12.8 Å². The summed E-state index contributed by atoms with van der Waals surface area (Å²) in [4.78, 5) is -0.292. The van der Waals surface area contributed by atoms with Gasteiger partial charge in [-0.3, -0.25) is 0 Å². The lowest BCUT2D eigenvalue weighted by molar-refractivity contribution is 0.0392. The molecule has 1 aromatic rings. The van der Waals surface area contributed by atoms with Gasteiger partial charge in [-0.25, -0.2) is 12.8 Å². The fourth-order valence-electron chi connectivity index (χ4n) is 1.88. The maximum absolute atomic E-state index is 13.8. The smallest absolute Gasteiger partial charge is 0.246 e. The Bertz CT molecular complexity index is 549. The van der Waals surface area contributed by atoms with Gasteiger partial charge in [-0.1, -0.05) is 15.9 Å². The largest absolute Gasteiger partial charge is 0.378 e. The molecule has 4 nitrogen and oxygen atoms in total. The number of rotatable bonds is 2. The number of benzene rings is 1. The Hall–Kier alpha value is -0.500. The number of hydrogen-bond donors (Lipinski definition) is 0. The lowest BCUT2D eigenvalue weighted by atomic mass is 10.3.